The molecule has 0 spiro atoms. The van der Waals surface area contributed by atoms with Crippen LogP contribution in [0.3, 0.4) is 0 Å². The first-order chi connectivity index (χ1) is 11.3. The van der Waals surface area contributed by atoms with Crippen molar-refractivity contribution < 1.29 is 4.42 Å². The van der Waals surface area contributed by atoms with E-state index in [1.165, 1.54) is 25.7 Å². The normalized spacial score (nSPS) is 11.2. The molecule has 0 aliphatic rings. The highest BCUT2D eigenvalue weighted by Gasteiger charge is 2.16. The average Bonchev–Trinajstić information content (AvgIpc) is 3.25. The molecule has 0 aromatic carbocycles. The summed E-state index contributed by atoms with van der Waals surface area (Å²) in [5.74, 6) is 2.45. The van der Waals surface area contributed by atoms with E-state index >= 15 is 0 Å². The molecule has 0 unspecified atom stereocenters. The number of anilines is 1. The standard InChI is InChI=1S/C18H23N3OS/c1-3-5-10-21(11-6-4-2)17-14-9-13-23-18(14)20-16(19-17)15-8-7-12-22-15/h7-9,12-13H,3-6,10-11H2,1-2H3. The molecular weight excluding hydrogens is 306 g/mol. The number of nitrogens with zero attached hydrogens (tertiary/aromatic N) is 3. The second kappa shape index (κ2) is 7.59. The fourth-order valence-electron chi connectivity index (χ4n) is 2.62. The predicted molar refractivity (Wildman–Crippen MR) is 97.1 cm³/mol. The lowest BCUT2D eigenvalue weighted by Crippen LogP contribution is -2.27. The van der Waals surface area contributed by atoms with E-state index in [2.05, 4.69) is 35.2 Å². The van der Waals surface area contributed by atoms with Gasteiger partial charge >= 0.3 is 0 Å². The topological polar surface area (TPSA) is 42.2 Å². The maximum Gasteiger partial charge on any atom is 0.199 e. The Balaban J connectivity index is 2.03. The highest BCUT2D eigenvalue weighted by Crippen LogP contribution is 2.31. The van der Waals surface area contributed by atoms with E-state index in [0.717, 1.165) is 34.9 Å². The highest BCUT2D eigenvalue weighted by atomic mass is 32.1. The van der Waals surface area contributed by atoms with E-state index in [0.29, 0.717) is 5.82 Å². The van der Waals surface area contributed by atoms with Crippen molar-refractivity contribution in [2.75, 3.05) is 18.0 Å². The largest absolute Gasteiger partial charge is 0.461 e. The molecule has 4 nitrogen and oxygen atoms in total. The third-order valence-corrected chi connectivity index (χ3v) is 4.72. The van der Waals surface area contributed by atoms with Crippen molar-refractivity contribution in [3.05, 3.63) is 29.8 Å². The number of thiophene rings is 1. The third kappa shape index (κ3) is 3.55. The Kier molecular flexibility index (Phi) is 5.28. The molecular formula is C18H23N3OS. The highest BCUT2D eigenvalue weighted by molar-refractivity contribution is 7.16. The molecule has 0 aliphatic carbocycles. The van der Waals surface area contributed by atoms with E-state index in [1.54, 1.807) is 17.6 Å². The average molecular weight is 329 g/mol. The van der Waals surface area contributed by atoms with Crippen molar-refractivity contribution in [1.82, 2.24) is 9.97 Å². The fraction of sp³-hybridized carbons (Fsp3) is 0.444. The fourth-order valence-corrected chi connectivity index (χ4v) is 3.38. The molecule has 23 heavy (non-hydrogen) atoms. The van der Waals surface area contributed by atoms with Crippen LogP contribution in [0.5, 0.6) is 0 Å². The Bertz CT molecular complexity index is 728. The molecule has 0 saturated carbocycles. The van der Waals surface area contributed by atoms with Crippen LogP contribution in [0.4, 0.5) is 5.82 Å². The molecule has 3 aromatic rings. The lowest BCUT2D eigenvalue weighted by atomic mass is 10.2. The summed E-state index contributed by atoms with van der Waals surface area (Å²) < 4.78 is 5.50. The van der Waals surface area contributed by atoms with Crippen molar-refractivity contribution in [2.24, 2.45) is 0 Å². The van der Waals surface area contributed by atoms with Gasteiger partial charge in [0.05, 0.1) is 11.6 Å². The monoisotopic (exact) mass is 329 g/mol. The summed E-state index contributed by atoms with van der Waals surface area (Å²) in [6.45, 7) is 6.53. The first-order valence-electron chi connectivity index (χ1n) is 8.37. The second-order valence-electron chi connectivity index (χ2n) is 5.68. The maximum atomic E-state index is 5.50. The molecule has 0 radical (unpaired) electrons. The van der Waals surface area contributed by atoms with Gasteiger partial charge in [-0.05, 0) is 36.4 Å². The number of hydrogen-bond donors (Lipinski definition) is 0. The number of furan rings is 1. The van der Waals surface area contributed by atoms with Gasteiger partial charge in [-0.1, -0.05) is 26.7 Å². The van der Waals surface area contributed by atoms with E-state index in [4.69, 9.17) is 9.40 Å². The minimum Gasteiger partial charge on any atom is -0.461 e. The van der Waals surface area contributed by atoms with Gasteiger partial charge in [-0.25, -0.2) is 9.97 Å². The van der Waals surface area contributed by atoms with Crippen molar-refractivity contribution in [3.8, 4) is 11.6 Å². The smallest absolute Gasteiger partial charge is 0.199 e. The Labute approximate surface area is 141 Å². The molecule has 5 heteroatoms. The minimum absolute atomic E-state index is 0.679. The van der Waals surface area contributed by atoms with Crippen molar-refractivity contribution in [1.29, 1.82) is 0 Å². The van der Waals surface area contributed by atoms with Crippen molar-refractivity contribution >= 4 is 27.4 Å². The maximum absolute atomic E-state index is 5.50. The van der Waals surface area contributed by atoms with Crippen LogP contribution < -0.4 is 4.90 Å². The van der Waals surface area contributed by atoms with Gasteiger partial charge in [0.15, 0.2) is 11.6 Å². The predicted octanol–water partition coefficient (Wildman–Crippen LogP) is 5.36. The SMILES string of the molecule is CCCCN(CCCC)c1nc(-c2ccco2)nc2sccc12. The van der Waals surface area contributed by atoms with Gasteiger partial charge in [0, 0.05) is 13.1 Å². The second-order valence-corrected chi connectivity index (χ2v) is 6.58. The van der Waals surface area contributed by atoms with Crippen molar-refractivity contribution in [3.63, 3.8) is 0 Å². The minimum atomic E-state index is 0.679. The van der Waals surface area contributed by atoms with E-state index < -0.39 is 0 Å². The summed E-state index contributed by atoms with van der Waals surface area (Å²) in [4.78, 5) is 13.0. The molecule has 3 rings (SSSR count). The molecule has 0 N–H and O–H groups in total. The molecule has 0 saturated heterocycles. The molecule has 3 heterocycles. The first-order valence-corrected chi connectivity index (χ1v) is 9.25. The first kappa shape index (κ1) is 16.0. The molecule has 0 amide bonds. The van der Waals surface area contributed by atoms with Gasteiger partial charge in [0.1, 0.15) is 10.6 Å². The van der Waals surface area contributed by atoms with Crippen LogP contribution in [0.15, 0.2) is 34.3 Å². The molecule has 3 aromatic heterocycles. The van der Waals surface area contributed by atoms with Gasteiger partial charge < -0.3 is 9.32 Å². The Morgan fingerprint density at radius 2 is 1.87 bits per heavy atom. The molecule has 0 bridgehead atoms. The Morgan fingerprint density at radius 3 is 2.52 bits per heavy atom. The summed E-state index contributed by atoms with van der Waals surface area (Å²) in [5.41, 5.74) is 0. The van der Waals surface area contributed by atoms with Crippen LogP contribution in [-0.2, 0) is 0 Å². The zero-order valence-electron chi connectivity index (χ0n) is 13.8. The van der Waals surface area contributed by atoms with E-state index in [1.807, 2.05) is 12.1 Å². The number of fused-ring (bicyclic) bond motifs is 1. The molecule has 0 fully saturated rings. The summed E-state index contributed by atoms with van der Waals surface area (Å²) in [6, 6.07) is 5.93. The molecule has 0 atom stereocenters. The number of aromatic nitrogens is 2. The Morgan fingerprint density at radius 1 is 1.09 bits per heavy atom. The third-order valence-electron chi connectivity index (χ3n) is 3.91. The van der Waals surface area contributed by atoms with Crippen LogP contribution in [0.25, 0.3) is 21.8 Å². The zero-order chi connectivity index (χ0) is 16.1. The van der Waals surface area contributed by atoms with Crippen LogP contribution >= 0.6 is 11.3 Å². The lowest BCUT2D eigenvalue weighted by Gasteiger charge is -2.24. The number of unbranched alkanes of at least 4 members (excludes halogenated alkanes) is 2. The zero-order valence-corrected chi connectivity index (χ0v) is 14.6. The van der Waals surface area contributed by atoms with Crippen LogP contribution in [0, 0.1) is 0 Å². The lowest BCUT2D eigenvalue weighted by molar-refractivity contribution is 0.577. The Hall–Kier alpha value is -1.88. The summed E-state index contributed by atoms with van der Waals surface area (Å²) in [5, 5.41) is 3.24. The number of hydrogen-bond acceptors (Lipinski definition) is 5. The van der Waals surface area contributed by atoms with Gasteiger partial charge in [0.2, 0.25) is 0 Å². The van der Waals surface area contributed by atoms with Crippen molar-refractivity contribution in [2.45, 2.75) is 39.5 Å². The van der Waals surface area contributed by atoms with Gasteiger partial charge in [-0.15, -0.1) is 11.3 Å². The van der Waals surface area contributed by atoms with Gasteiger partial charge in [-0.2, -0.15) is 0 Å². The van der Waals surface area contributed by atoms with Gasteiger partial charge in [0.25, 0.3) is 0 Å². The molecule has 122 valence electrons. The summed E-state index contributed by atoms with van der Waals surface area (Å²) in [7, 11) is 0. The van der Waals surface area contributed by atoms with Gasteiger partial charge in [-0.3, -0.25) is 0 Å². The van der Waals surface area contributed by atoms with Crippen LogP contribution in [0.1, 0.15) is 39.5 Å². The number of rotatable bonds is 8. The van der Waals surface area contributed by atoms with E-state index in [-0.39, 0.29) is 0 Å². The summed E-state index contributed by atoms with van der Waals surface area (Å²) in [6.07, 6.45) is 6.39. The van der Waals surface area contributed by atoms with Crippen LogP contribution in [-0.4, -0.2) is 23.1 Å². The van der Waals surface area contributed by atoms with E-state index in [9.17, 15) is 0 Å². The quantitative estimate of drug-likeness (QED) is 0.558. The van der Waals surface area contributed by atoms with Crippen LogP contribution in [0.2, 0.25) is 0 Å². The summed E-state index contributed by atoms with van der Waals surface area (Å²) >= 11 is 1.66. The molecule has 0 aliphatic heterocycles.